The number of carbonyl (C=O) groups excluding carboxylic acids is 2. The molecule has 0 spiro atoms. The third-order valence-electron chi connectivity index (χ3n) is 4.83. The molecule has 0 saturated heterocycles. The molecule has 2 aromatic carbocycles. The van der Waals surface area contributed by atoms with Gasteiger partial charge in [0.05, 0.1) is 18.4 Å². The minimum Gasteiger partial charge on any atom is -0.467 e. The van der Waals surface area contributed by atoms with Crippen molar-refractivity contribution < 1.29 is 18.7 Å². The van der Waals surface area contributed by atoms with E-state index in [9.17, 15) is 9.59 Å². The first kappa shape index (κ1) is 20.2. The van der Waals surface area contributed by atoms with Gasteiger partial charge in [-0.1, -0.05) is 30.3 Å². The number of ether oxygens (including phenoxy) is 1. The number of benzene rings is 2. The molecule has 31 heavy (non-hydrogen) atoms. The van der Waals surface area contributed by atoms with Gasteiger partial charge >= 0.3 is 5.97 Å². The first-order chi connectivity index (χ1) is 15.2. The van der Waals surface area contributed by atoms with E-state index in [0.717, 1.165) is 11.3 Å². The molecule has 0 fully saturated rings. The number of rotatable bonds is 8. The summed E-state index contributed by atoms with van der Waals surface area (Å²) in [5, 5.41) is 0. The van der Waals surface area contributed by atoms with Crippen molar-refractivity contribution in [2.45, 2.75) is 13.1 Å². The number of carbonyl (C=O) groups is 2. The van der Waals surface area contributed by atoms with Crippen LogP contribution in [0.5, 0.6) is 0 Å². The van der Waals surface area contributed by atoms with Crippen molar-refractivity contribution in [2.75, 3.05) is 6.61 Å². The van der Waals surface area contributed by atoms with E-state index in [-0.39, 0.29) is 12.5 Å². The van der Waals surface area contributed by atoms with Crippen molar-refractivity contribution in [3.05, 3.63) is 114 Å². The zero-order valence-electron chi connectivity index (χ0n) is 16.9. The summed E-state index contributed by atoms with van der Waals surface area (Å²) in [5.74, 6) is -0.168. The summed E-state index contributed by atoms with van der Waals surface area (Å²) in [7, 11) is 0. The fraction of sp³-hybridized carbons (Fsp3) is 0.120. The average molecular weight is 414 g/mol. The van der Waals surface area contributed by atoms with Gasteiger partial charge in [-0.25, -0.2) is 4.79 Å². The maximum absolute atomic E-state index is 12.8. The van der Waals surface area contributed by atoms with Crippen molar-refractivity contribution in [2.24, 2.45) is 0 Å². The topological polar surface area (TPSA) is 64.7 Å². The molecule has 0 aliphatic carbocycles. The molecule has 2 aromatic heterocycles. The number of amides is 1. The van der Waals surface area contributed by atoms with Gasteiger partial charge in [0.1, 0.15) is 5.76 Å². The molecule has 6 nitrogen and oxygen atoms in total. The Hall–Kier alpha value is -4.06. The third-order valence-corrected chi connectivity index (χ3v) is 4.83. The highest BCUT2D eigenvalue weighted by molar-refractivity contribution is 5.91. The maximum atomic E-state index is 12.8. The zero-order valence-corrected chi connectivity index (χ0v) is 16.9. The van der Waals surface area contributed by atoms with E-state index in [1.165, 1.54) is 0 Å². The molecule has 0 bridgehead atoms. The number of furan rings is 1. The fourth-order valence-electron chi connectivity index (χ4n) is 3.20. The van der Waals surface area contributed by atoms with Gasteiger partial charge in [0.2, 0.25) is 0 Å². The van der Waals surface area contributed by atoms with Crippen LogP contribution in [0.3, 0.4) is 0 Å². The van der Waals surface area contributed by atoms with Crippen LogP contribution in [0, 0.1) is 0 Å². The number of hydrogen-bond donors (Lipinski definition) is 0. The second-order valence-corrected chi connectivity index (χ2v) is 7.03. The summed E-state index contributed by atoms with van der Waals surface area (Å²) in [6.07, 6.45) is 5.41. The SMILES string of the molecule is O=C(OCC(=O)N(Cc1ccccc1)Cc1ccco1)c1ccc(-n2cccc2)cc1. The minimum atomic E-state index is -0.537. The minimum absolute atomic E-state index is 0.294. The van der Waals surface area contributed by atoms with Crippen molar-refractivity contribution in [3.8, 4) is 5.69 Å². The van der Waals surface area contributed by atoms with Crippen molar-refractivity contribution >= 4 is 11.9 Å². The molecule has 6 heteroatoms. The molecule has 0 saturated carbocycles. The molecule has 0 aliphatic rings. The lowest BCUT2D eigenvalue weighted by Crippen LogP contribution is -2.33. The molecule has 156 valence electrons. The number of nitrogens with zero attached hydrogens (tertiary/aromatic N) is 2. The molecule has 0 aliphatic heterocycles. The largest absolute Gasteiger partial charge is 0.467 e. The molecule has 4 aromatic rings. The van der Waals surface area contributed by atoms with Gasteiger partial charge in [0, 0.05) is 24.6 Å². The maximum Gasteiger partial charge on any atom is 0.338 e. The van der Waals surface area contributed by atoms with Gasteiger partial charge in [-0.15, -0.1) is 0 Å². The Morgan fingerprint density at radius 1 is 0.839 bits per heavy atom. The predicted octanol–water partition coefficient (Wildman–Crippen LogP) is 4.46. The van der Waals surface area contributed by atoms with E-state index < -0.39 is 5.97 Å². The van der Waals surface area contributed by atoms with Crippen LogP contribution in [0.4, 0.5) is 0 Å². The zero-order chi connectivity index (χ0) is 21.5. The van der Waals surface area contributed by atoms with Crippen molar-refractivity contribution in [1.29, 1.82) is 0 Å². The first-order valence-corrected chi connectivity index (χ1v) is 9.93. The number of hydrogen-bond acceptors (Lipinski definition) is 4. The van der Waals surface area contributed by atoms with E-state index in [1.54, 1.807) is 29.4 Å². The van der Waals surface area contributed by atoms with Crippen LogP contribution in [-0.4, -0.2) is 28.0 Å². The number of aromatic nitrogens is 1. The van der Waals surface area contributed by atoms with Gasteiger partial charge in [-0.3, -0.25) is 4.79 Å². The third kappa shape index (κ3) is 5.30. The van der Waals surface area contributed by atoms with Crippen LogP contribution in [0.1, 0.15) is 21.7 Å². The van der Waals surface area contributed by atoms with E-state index >= 15 is 0 Å². The average Bonchev–Trinajstić information content (AvgIpc) is 3.52. The van der Waals surface area contributed by atoms with E-state index in [4.69, 9.17) is 9.15 Å². The second kappa shape index (κ2) is 9.63. The van der Waals surface area contributed by atoms with Gasteiger partial charge in [0.25, 0.3) is 5.91 Å². The van der Waals surface area contributed by atoms with Gasteiger partial charge in [0.15, 0.2) is 6.61 Å². The second-order valence-electron chi connectivity index (χ2n) is 7.03. The normalized spacial score (nSPS) is 10.6. The lowest BCUT2D eigenvalue weighted by Gasteiger charge is -2.21. The highest BCUT2D eigenvalue weighted by Crippen LogP contribution is 2.13. The van der Waals surface area contributed by atoms with Gasteiger partial charge in [-0.2, -0.15) is 0 Å². The van der Waals surface area contributed by atoms with Crippen LogP contribution < -0.4 is 0 Å². The quantitative estimate of drug-likeness (QED) is 0.400. The van der Waals surface area contributed by atoms with Crippen LogP contribution in [0.2, 0.25) is 0 Å². The summed E-state index contributed by atoms with van der Waals surface area (Å²) < 4.78 is 12.6. The molecule has 1 amide bonds. The van der Waals surface area contributed by atoms with E-state index in [0.29, 0.717) is 24.4 Å². The lowest BCUT2D eigenvalue weighted by atomic mass is 10.2. The molecular weight excluding hydrogens is 392 g/mol. The number of esters is 1. The Labute approximate surface area is 180 Å². The van der Waals surface area contributed by atoms with E-state index in [2.05, 4.69) is 0 Å². The van der Waals surface area contributed by atoms with Crippen LogP contribution >= 0.6 is 0 Å². The van der Waals surface area contributed by atoms with Gasteiger partial charge in [-0.05, 0) is 54.1 Å². The monoisotopic (exact) mass is 414 g/mol. The van der Waals surface area contributed by atoms with Crippen molar-refractivity contribution in [3.63, 3.8) is 0 Å². The Morgan fingerprint density at radius 3 is 2.26 bits per heavy atom. The molecule has 2 heterocycles. The Morgan fingerprint density at radius 2 is 1.58 bits per heavy atom. The van der Waals surface area contributed by atoms with Crippen LogP contribution in [0.25, 0.3) is 5.69 Å². The Kier molecular flexibility index (Phi) is 6.28. The van der Waals surface area contributed by atoms with Crippen LogP contribution in [-0.2, 0) is 22.6 Å². The van der Waals surface area contributed by atoms with Gasteiger partial charge < -0.3 is 18.6 Å². The van der Waals surface area contributed by atoms with Crippen molar-refractivity contribution in [1.82, 2.24) is 9.47 Å². The Balaban J connectivity index is 1.38. The van der Waals surface area contributed by atoms with Crippen LogP contribution in [0.15, 0.2) is 102 Å². The van der Waals surface area contributed by atoms with E-state index in [1.807, 2.05) is 77.6 Å². The standard InChI is InChI=1S/C25H22N2O4/c28-24(27(18-23-9-6-16-30-23)17-20-7-2-1-3-8-20)19-31-25(29)21-10-12-22(13-11-21)26-14-4-5-15-26/h1-16H,17-19H2. The fourth-order valence-corrected chi connectivity index (χ4v) is 3.20. The summed E-state index contributed by atoms with van der Waals surface area (Å²) in [4.78, 5) is 26.9. The highest BCUT2D eigenvalue weighted by Gasteiger charge is 2.18. The summed E-state index contributed by atoms with van der Waals surface area (Å²) in [6, 6.07) is 24.1. The molecule has 4 rings (SSSR count). The summed E-state index contributed by atoms with van der Waals surface area (Å²) in [6.45, 7) is 0.346. The summed E-state index contributed by atoms with van der Waals surface area (Å²) >= 11 is 0. The molecule has 0 radical (unpaired) electrons. The smallest absolute Gasteiger partial charge is 0.338 e. The molecule has 0 unspecified atom stereocenters. The predicted molar refractivity (Wildman–Crippen MR) is 115 cm³/mol. The Bertz CT molecular complexity index is 1100. The summed E-state index contributed by atoms with van der Waals surface area (Å²) in [5.41, 5.74) is 2.31. The highest BCUT2D eigenvalue weighted by atomic mass is 16.5. The lowest BCUT2D eigenvalue weighted by molar-refractivity contribution is -0.136. The first-order valence-electron chi connectivity index (χ1n) is 9.93. The molecule has 0 N–H and O–H groups in total. The molecule has 0 atom stereocenters. The molecular formula is C25H22N2O4.